The second-order valence-corrected chi connectivity index (χ2v) is 21.1. The highest BCUT2D eigenvalue weighted by Crippen LogP contribution is 2.56. The number of morpholine rings is 1. The van der Waals surface area contributed by atoms with Crippen molar-refractivity contribution in [3.8, 4) is 23.3 Å². The van der Waals surface area contributed by atoms with Crippen LogP contribution in [0.5, 0.6) is 17.2 Å². The van der Waals surface area contributed by atoms with Crippen molar-refractivity contribution < 1.29 is 28.8 Å². The highest BCUT2D eigenvalue weighted by Gasteiger charge is 2.64. The summed E-state index contributed by atoms with van der Waals surface area (Å²) in [5.74, 6) is 2.37. The highest BCUT2D eigenvalue weighted by molar-refractivity contribution is 6.31. The molecule has 15 heteroatoms. The summed E-state index contributed by atoms with van der Waals surface area (Å²) in [7, 11) is 3.57. The van der Waals surface area contributed by atoms with Crippen LogP contribution in [0, 0.1) is 34.0 Å². The molecule has 3 aromatic rings. The van der Waals surface area contributed by atoms with E-state index in [4.69, 9.17) is 30.5 Å². The molecule has 0 radical (unpaired) electrons. The van der Waals surface area contributed by atoms with Gasteiger partial charge in [0.15, 0.2) is 0 Å². The van der Waals surface area contributed by atoms with Gasteiger partial charge in [0, 0.05) is 92.6 Å². The number of halogens is 1. The molecule has 5 aliphatic heterocycles. The Labute approximate surface area is 388 Å². The van der Waals surface area contributed by atoms with E-state index >= 15 is 0 Å². The monoisotopic (exact) mass is 908 g/mol. The van der Waals surface area contributed by atoms with Crippen LogP contribution in [-0.2, 0) is 19.9 Å². The van der Waals surface area contributed by atoms with Crippen LogP contribution in [0.2, 0.25) is 5.02 Å². The van der Waals surface area contributed by atoms with E-state index in [1.54, 1.807) is 45.0 Å². The molecule has 1 spiro atoms. The highest BCUT2D eigenvalue weighted by atomic mass is 35.5. The van der Waals surface area contributed by atoms with E-state index in [0.717, 1.165) is 74.6 Å². The second kappa shape index (κ2) is 17.4. The fraction of sp³-hybridized carbons (Fsp3) is 0.560. The number of ether oxygens (including phenoxy) is 4. The zero-order valence-electron chi connectivity index (χ0n) is 38.9. The zero-order chi connectivity index (χ0) is 46.1. The second-order valence-electron chi connectivity index (χ2n) is 20.7. The third-order valence-corrected chi connectivity index (χ3v) is 15.2. The van der Waals surface area contributed by atoms with Gasteiger partial charge in [0.1, 0.15) is 47.5 Å². The Morgan fingerprint density at radius 3 is 2.35 bits per heavy atom. The smallest absolute Gasteiger partial charge is 0.244 e. The number of fused-ring (bicyclic) bond motifs is 1. The summed E-state index contributed by atoms with van der Waals surface area (Å²) in [6.07, 6.45) is 2.58. The molecule has 0 aromatic heterocycles. The number of hydrogen-bond acceptors (Lipinski definition) is 13. The van der Waals surface area contributed by atoms with Crippen molar-refractivity contribution in [1.82, 2.24) is 31.1 Å². The standard InChI is InChI=1S/C50H65ClN8O6/c1-47(2)44(48(3,4)45(47)65-35-13-9-30(23-52)39(51)22-35)56-42(62-8)31-24-54-46(55-25-31)58-19-20-63-50(27-58)28-59(29-50)33-11-14-34(15-12-33)64-40-16-10-32(49(5,6)61)21-37(40)38-26-57(7)43(60)41-36(38)17-18-53-41/h9-16,21-22,26,31,36,41-42,44-46,53-56,61H,17-20,24-25,27-29H2,1-8H3. The van der Waals surface area contributed by atoms with Crippen molar-refractivity contribution in [2.24, 2.45) is 22.7 Å². The lowest BCUT2D eigenvalue weighted by atomic mass is 9.49. The maximum absolute atomic E-state index is 13.0. The molecular formula is C50H65ClN8O6. The molecule has 348 valence electrons. The van der Waals surface area contributed by atoms with E-state index in [9.17, 15) is 15.2 Å². The number of nitrogens with zero attached hydrogens (tertiary/aromatic N) is 4. The van der Waals surface area contributed by atoms with Gasteiger partial charge in [0.05, 0.1) is 41.9 Å². The normalized spacial score (nSPS) is 28.7. The number of carbonyl (C=O) groups is 1. The summed E-state index contributed by atoms with van der Waals surface area (Å²) >= 11 is 6.33. The molecule has 5 N–H and O–H groups in total. The lowest BCUT2D eigenvalue weighted by Crippen LogP contribution is -2.77. The first-order chi connectivity index (χ1) is 30.9. The fourth-order valence-corrected chi connectivity index (χ4v) is 11.9. The summed E-state index contributed by atoms with van der Waals surface area (Å²) in [6.45, 7) is 18.8. The molecule has 0 bridgehead atoms. The summed E-state index contributed by atoms with van der Waals surface area (Å²) in [6, 6.07) is 21.3. The molecule has 3 unspecified atom stereocenters. The van der Waals surface area contributed by atoms with Crippen LogP contribution in [0.4, 0.5) is 5.69 Å². The van der Waals surface area contributed by atoms with E-state index < -0.39 is 5.60 Å². The molecule has 14 nitrogen and oxygen atoms in total. The number of anilines is 1. The predicted molar refractivity (Wildman–Crippen MR) is 250 cm³/mol. The van der Waals surface area contributed by atoms with Gasteiger partial charge in [-0.2, -0.15) is 5.26 Å². The lowest BCUT2D eigenvalue weighted by molar-refractivity contribution is -0.186. The number of rotatable bonds is 12. The van der Waals surface area contributed by atoms with Gasteiger partial charge in [-0.15, -0.1) is 0 Å². The van der Waals surface area contributed by atoms with Crippen LogP contribution in [0.25, 0.3) is 5.57 Å². The summed E-state index contributed by atoms with van der Waals surface area (Å²) in [5, 5.41) is 35.4. The van der Waals surface area contributed by atoms with Crippen molar-refractivity contribution >= 4 is 28.8 Å². The Hall–Kier alpha value is -4.27. The molecule has 5 fully saturated rings. The van der Waals surface area contributed by atoms with Gasteiger partial charge >= 0.3 is 0 Å². The predicted octanol–water partition coefficient (Wildman–Crippen LogP) is 5.45. The summed E-state index contributed by atoms with van der Waals surface area (Å²) in [5.41, 5.74) is 2.57. The Kier molecular flexibility index (Phi) is 12.3. The molecule has 65 heavy (non-hydrogen) atoms. The van der Waals surface area contributed by atoms with Crippen molar-refractivity contribution in [1.29, 1.82) is 5.26 Å². The van der Waals surface area contributed by atoms with E-state index in [-0.39, 0.29) is 64.9 Å². The average Bonchev–Trinajstić information content (AvgIpc) is 3.77. The molecular weight excluding hydrogens is 844 g/mol. The molecule has 1 aliphatic carbocycles. The van der Waals surface area contributed by atoms with Crippen LogP contribution in [-0.4, -0.2) is 124 Å². The molecule has 3 atom stereocenters. The van der Waals surface area contributed by atoms with Crippen LogP contribution < -0.4 is 35.6 Å². The van der Waals surface area contributed by atoms with Crippen molar-refractivity contribution in [2.75, 3.05) is 71.5 Å². The number of aliphatic hydroxyl groups is 1. The molecule has 1 amide bonds. The minimum absolute atomic E-state index is 0.0297. The molecule has 6 aliphatic rings. The average molecular weight is 910 g/mol. The Bertz CT molecular complexity index is 2310. The van der Waals surface area contributed by atoms with Crippen molar-refractivity contribution in [3.63, 3.8) is 0 Å². The van der Waals surface area contributed by atoms with E-state index in [2.05, 4.69) is 77.0 Å². The minimum Gasteiger partial charge on any atom is -0.489 e. The number of amides is 1. The first kappa shape index (κ1) is 45.9. The zero-order valence-corrected chi connectivity index (χ0v) is 39.7. The molecule has 5 heterocycles. The quantitative estimate of drug-likeness (QED) is 0.147. The Morgan fingerprint density at radius 1 is 0.985 bits per heavy atom. The SMILES string of the molecule is COC(NC1C(C)(C)C(Oc2ccc(C#N)c(Cl)c2)C1(C)C)C1CNC(N2CCOC3(CN(c4ccc(Oc5ccc(C(C)(C)O)cc5C5=CN(C)C(=O)C6NCCC56)cc4)C3)C2)NC1. The Balaban J connectivity index is 0.785. The maximum Gasteiger partial charge on any atom is 0.244 e. The molecule has 4 saturated heterocycles. The van der Waals surface area contributed by atoms with E-state index in [0.29, 0.717) is 34.4 Å². The largest absolute Gasteiger partial charge is 0.489 e. The lowest BCUT2D eigenvalue weighted by Gasteiger charge is -2.64. The van der Waals surface area contributed by atoms with Gasteiger partial charge < -0.3 is 39.2 Å². The van der Waals surface area contributed by atoms with Gasteiger partial charge in [-0.25, -0.2) is 0 Å². The van der Waals surface area contributed by atoms with Crippen molar-refractivity contribution in [3.05, 3.63) is 88.6 Å². The number of nitrogens with one attached hydrogen (secondary N) is 4. The van der Waals surface area contributed by atoms with Gasteiger partial charge in [0.25, 0.3) is 0 Å². The third-order valence-electron chi connectivity index (χ3n) is 14.9. The van der Waals surface area contributed by atoms with Gasteiger partial charge in [-0.1, -0.05) is 45.4 Å². The Morgan fingerprint density at radius 2 is 1.69 bits per heavy atom. The fourth-order valence-electron chi connectivity index (χ4n) is 11.7. The number of hydrogen-bond donors (Lipinski definition) is 5. The first-order valence-electron chi connectivity index (χ1n) is 23.0. The summed E-state index contributed by atoms with van der Waals surface area (Å²) < 4.78 is 25.7. The first-order valence-corrected chi connectivity index (χ1v) is 23.4. The summed E-state index contributed by atoms with van der Waals surface area (Å²) in [4.78, 5) is 19.5. The van der Waals surface area contributed by atoms with Crippen LogP contribution >= 0.6 is 11.6 Å². The molecule has 3 aromatic carbocycles. The third kappa shape index (κ3) is 8.65. The number of likely N-dealkylation sites (N-methyl/N-ethyl adjacent to an activating group) is 1. The number of nitriles is 1. The molecule has 1 saturated carbocycles. The van der Waals surface area contributed by atoms with Gasteiger partial charge in [-0.05, 0) is 86.5 Å². The number of methoxy groups -OCH3 is 1. The van der Waals surface area contributed by atoms with Crippen LogP contribution in [0.1, 0.15) is 64.7 Å². The van der Waals surface area contributed by atoms with E-state index in [1.807, 2.05) is 42.6 Å². The topological polar surface area (TPSA) is 156 Å². The van der Waals surface area contributed by atoms with Gasteiger partial charge in [0.2, 0.25) is 5.91 Å². The molecule has 9 rings (SSSR count). The van der Waals surface area contributed by atoms with Crippen molar-refractivity contribution in [2.45, 2.75) is 89.9 Å². The number of benzene rings is 3. The van der Waals surface area contributed by atoms with E-state index in [1.165, 1.54) is 0 Å². The minimum atomic E-state index is -1.04. The van der Waals surface area contributed by atoms with Crippen LogP contribution in [0.15, 0.2) is 66.9 Å². The van der Waals surface area contributed by atoms with Gasteiger partial charge in [-0.3, -0.25) is 25.6 Å². The van der Waals surface area contributed by atoms with Crippen LogP contribution in [0.3, 0.4) is 0 Å². The number of carbonyl (C=O) groups excluding carboxylic acids is 1. The maximum atomic E-state index is 13.0.